The van der Waals surface area contributed by atoms with Gasteiger partial charge in [0, 0.05) is 19.7 Å². The first-order valence-electron chi connectivity index (χ1n) is 9.06. The molecule has 4 N–H and O–H groups in total. The molecule has 0 spiro atoms. The van der Waals surface area contributed by atoms with Crippen molar-refractivity contribution in [2.45, 2.75) is 44.3 Å². The van der Waals surface area contributed by atoms with Crippen LogP contribution in [0.5, 0.6) is 0 Å². The SMILES string of the molecule is CCCC(=O)NC1=NN(C)c2ncnc3c2c1cn3[C@@H]1O[C@H](CO)[C@@H](O)[C@H]1O. The highest BCUT2D eigenvalue weighted by Gasteiger charge is 2.44. The monoisotopic (exact) mass is 390 g/mol. The van der Waals surface area contributed by atoms with E-state index in [0.29, 0.717) is 41.1 Å². The molecule has 4 atom stereocenters. The third-order valence-electron chi connectivity index (χ3n) is 4.93. The highest BCUT2D eigenvalue weighted by atomic mass is 16.6. The molecule has 0 bridgehead atoms. The van der Waals surface area contributed by atoms with Crippen LogP contribution in [-0.2, 0) is 9.53 Å². The molecule has 1 fully saturated rings. The Balaban J connectivity index is 1.80. The number of ether oxygens (including phenoxy) is 1. The van der Waals surface area contributed by atoms with Crippen LogP contribution >= 0.6 is 0 Å². The van der Waals surface area contributed by atoms with Gasteiger partial charge in [0.25, 0.3) is 0 Å². The van der Waals surface area contributed by atoms with Crippen molar-refractivity contribution in [2.24, 2.45) is 5.10 Å². The van der Waals surface area contributed by atoms with E-state index >= 15 is 0 Å². The minimum Gasteiger partial charge on any atom is -0.394 e. The second-order valence-electron chi connectivity index (χ2n) is 6.85. The van der Waals surface area contributed by atoms with Gasteiger partial charge < -0.3 is 29.9 Å². The van der Waals surface area contributed by atoms with Crippen molar-refractivity contribution < 1.29 is 24.9 Å². The van der Waals surface area contributed by atoms with Gasteiger partial charge in [0.1, 0.15) is 30.3 Å². The van der Waals surface area contributed by atoms with E-state index in [-0.39, 0.29) is 5.91 Å². The maximum atomic E-state index is 12.1. The second kappa shape index (κ2) is 7.09. The molecule has 0 radical (unpaired) electrons. The van der Waals surface area contributed by atoms with Gasteiger partial charge in [-0.05, 0) is 6.42 Å². The molecular formula is C17H22N6O5. The fourth-order valence-corrected chi connectivity index (χ4v) is 3.56. The quantitative estimate of drug-likeness (QED) is 0.524. The number of aromatic nitrogens is 3. The Morgan fingerprint density at radius 3 is 2.79 bits per heavy atom. The molecule has 2 aliphatic heterocycles. The molecule has 28 heavy (non-hydrogen) atoms. The number of rotatable bonds is 4. The van der Waals surface area contributed by atoms with E-state index in [9.17, 15) is 20.1 Å². The number of aliphatic hydroxyl groups excluding tert-OH is 3. The third kappa shape index (κ3) is 2.83. The lowest BCUT2D eigenvalue weighted by atomic mass is 10.1. The summed E-state index contributed by atoms with van der Waals surface area (Å²) >= 11 is 0. The second-order valence-corrected chi connectivity index (χ2v) is 6.85. The van der Waals surface area contributed by atoms with Crippen LogP contribution in [0, 0.1) is 0 Å². The summed E-state index contributed by atoms with van der Waals surface area (Å²) < 4.78 is 7.21. The van der Waals surface area contributed by atoms with Crippen LogP contribution in [-0.4, -0.2) is 73.6 Å². The van der Waals surface area contributed by atoms with E-state index in [2.05, 4.69) is 20.4 Å². The van der Waals surface area contributed by atoms with E-state index in [1.807, 2.05) is 6.92 Å². The average molecular weight is 390 g/mol. The number of hydrazone groups is 1. The summed E-state index contributed by atoms with van der Waals surface area (Å²) in [5.41, 5.74) is 1.05. The standard InChI is InChI=1S/C17H22N6O5/c1-3-4-10(25)20-14-8-5-23(17-13(27)12(26)9(6-24)28-17)16-11(8)15(18-7-19-16)22(2)21-14/h5,7,9,12-13,17,24,26-27H,3-4,6H2,1-2H3,(H,20,21,25)/t9-,12-,13-,17-/m1/s1. The Labute approximate surface area is 160 Å². The zero-order valence-electron chi connectivity index (χ0n) is 15.5. The first-order chi connectivity index (χ1) is 13.5. The summed E-state index contributed by atoms with van der Waals surface area (Å²) in [6.45, 7) is 1.48. The van der Waals surface area contributed by atoms with Crippen LogP contribution in [0.2, 0.25) is 0 Å². The summed E-state index contributed by atoms with van der Waals surface area (Å²) in [6.07, 6.45) is -0.273. The van der Waals surface area contributed by atoms with Crippen LogP contribution in [0.25, 0.3) is 11.0 Å². The van der Waals surface area contributed by atoms with E-state index in [1.165, 1.54) is 6.33 Å². The molecule has 150 valence electrons. The molecule has 2 aromatic rings. The van der Waals surface area contributed by atoms with Crippen molar-refractivity contribution in [1.29, 1.82) is 0 Å². The number of nitrogens with one attached hydrogen (secondary N) is 1. The molecule has 0 aliphatic carbocycles. The summed E-state index contributed by atoms with van der Waals surface area (Å²) in [6, 6.07) is 0. The number of amidine groups is 1. The predicted molar refractivity (Wildman–Crippen MR) is 98.5 cm³/mol. The lowest BCUT2D eigenvalue weighted by Gasteiger charge is -2.20. The number of aliphatic hydroxyl groups is 3. The Bertz CT molecular complexity index is 944. The molecular weight excluding hydrogens is 368 g/mol. The van der Waals surface area contributed by atoms with Crippen LogP contribution < -0.4 is 10.3 Å². The van der Waals surface area contributed by atoms with Crippen molar-refractivity contribution in [3.8, 4) is 0 Å². The zero-order valence-corrected chi connectivity index (χ0v) is 15.5. The number of hydrogen-bond acceptors (Lipinski definition) is 9. The maximum absolute atomic E-state index is 12.1. The molecule has 0 saturated carbocycles. The number of carbonyl (C=O) groups excluding carboxylic acids is 1. The molecule has 11 nitrogen and oxygen atoms in total. The normalized spacial score (nSPS) is 26.6. The molecule has 0 unspecified atom stereocenters. The Kier molecular flexibility index (Phi) is 4.75. The highest BCUT2D eigenvalue weighted by molar-refractivity contribution is 6.18. The Morgan fingerprint density at radius 1 is 1.32 bits per heavy atom. The summed E-state index contributed by atoms with van der Waals surface area (Å²) in [4.78, 5) is 20.7. The minimum atomic E-state index is -1.26. The molecule has 1 amide bonds. The zero-order chi connectivity index (χ0) is 20.0. The first kappa shape index (κ1) is 18.7. The van der Waals surface area contributed by atoms with Gasteiger partial charge in [0.05, 0.1) is 17.6 Å². The number of amides is 1. The van der Waals surface area contributed by atoms with Gasteiger partial charge in [-0.2, -0.15) is 5.10 Å². The molecule has 11 heteroatoms. The van der Waals surface area contributed by atoms with Crippen molar-refractivity contribution in [1.82, 2.24) is 19.9 Å². The van der Waals surface area contributed by atoms with Gasteiger partial charge in [-0.15, -0.1) is 0 Å². The van der Waals surface area contributed by atoms with E-state index < -0.39 is 31.1 Å². The van der Waals surface area contributed by atoms with Gasteiger partial charge >= 0.3 is 0 Å². The fraction of sp³-hybridized carbons (Fsp3) is 0.529. The topological polar surface area (TPSA) is 145 Å². The highest BCUT2D eigenvalue weighted by Crippen LogP contribution is 2.37. The van der Waals surface area contributed by atoms with Gasteiger partial charge in [-0.3, -0.25) is 4.79 Å². The van der Waals surface area contributed by atoms with Crippen molar-refractivity contribution >= 4 is 28.6 Å². The van der Waals surface area contributed by atoms with Crippen molar-refractivity contribution in [3.05, 3.63) is 18.1 Å². The third-order valence-corrected chi connectivity index (χ3v) is 4.93. The van der Waals surface area contributed by atoms with Crippen LogP contribution in [0.3, 0.4) is 0 Å². The van der Waals surface area contributed by atoms with Crippen LogP contribution in [0.4, 0.5) is 5.82 Å². The lowest BCUT2D eigenvalue weighted by Crippen LogP contribution is -2.35. The average Bonchev–Trinajstić information content (AvgIpc) is 3.19. The van der Waals surface area contributed by atoms with E-state index in [4.69, 9.17) is 4.74 Å². The smallest absolute Gasteiger partial charge is 0.225 e. The van der Waals surface area contributed by atoms with Crippen LogP contribution in [0.15, 0.2) is 17.6 Å². The van der Waals surface area contributed by atoms with Gasteiger partial charge in [-0.25, -0.2) is 15.0 Å². The summed E-state index contributed by atoms with van der Waals surface area (Å²) in [7, 11) is 1.71. The molecule has 4 rings (SSSR count). The largest absolute Gasteiger partial charge is 0.394 e. The van der Waals surface area contributed by atoms with Gasteiger partial charge in [-0.1, -0.05) is 6.92 Å². The van der Waals surface area contributed by atoms with Crippen molar-refractivity contribution in [2.75, 3.05) is 18.7 Å². The van der Waals surface area contributed by atoms with Gasteiger partial charge in [0.2, 0.25) is 5.91 Å². The predicted octanol–water partition coefficient (Wildman–Crippen LogP) is -0.929. The number of nitrogens with zero attached hydrogens (tertiary/aromatic N) is 5. The van der Waals surface area contributed by atoms with Crippen molar-refractivity contribution in [3.63, 3.8) is 0 Å². The fourth-order valence-electron chi connectivity index (χ4n) is 3.56. The lowest BCUT2D eigenvalue weighted by molar-refractivity contribution is -0.119. The molecule has 1 saturated heterocycles. The summed E-state index contributed by atoms with van der Waals surface area (Å²) in [5, 5.41) is 39.3. The number of hydrogen-bond donors (Lipinski definition) is 4. The maximum Gasteiger partial charge on any atom is 0.225 e. The Hall–Kier alpha value is -2.60. The van der Waals surface area contributed by atoms with E-state index in [0.717, 1.165) is 0 Å². The number of carbonyl (C=O) groups is 1. The Morgan fingerprint density at radius 2 is 2.11 bits per heavy atom. The first-order valence-corrected chi connectivity index (χ1v) is 9.06. The molecule has 4 heterocycles. The van der Waals surface area contributed by atoms with E-state index in [1.54, 1.807) is 22.8 Å². The molecule has 2 aliphatic rings. The minimum absolute atomic E-state index is 0.163. The number of anilines is 1. The van der Waals surface area contributed by atoms with Crippen LogP contribution in [0.1, 0.15) is 31.6 Å². The molecule has 0 aromatic carbocycles. The van der Waals surface area contributed by atoms with Gasteiger partial charge in [0.15, 0.2) is 17.9 Å². The summed E-state index contributed by atoms with van der Waals surface area (Å²) in [5.74, 6) is 0.724. The molecule has 2 aromatic heterocycles.